The molecule has 0 aliphatic carbocycles. The van der Waals surface area contributed by atoms with E-state index in [0.29, 0.717) is 6.42 Å². The fraction of sp³-hybridized carbons (Fsp3) is 0.273. The Morgan fingerprint density at radius 2 is 2.53 bits per heavy atom. The first-order chi connectivity index (χ1) is 8.26. The van der Waals surface area contributed by atoms with Crippen LogP contribution in [0.2, 0.25) is 0 Å². The van der Waals surface area contributed by atoms with Crippen molar-refractivity contribution >= 4 is 33.6 Å². The second-order valence-corrected chi connectivity index (χ2v) is 4.49. The summed E-state index contributed by atoms with van der Waals surface area (Å²) in [4.78, 5) is 13.7. The van der Waals surface area contributed by atoms with Crippen LogP contribution in [-0.4, -0.2) is 28.9 Å². The van der Waals surface area contributed by atoms with Gasteiger partial charge in [-0.05, 0) is 12.1 Å². The number of fused-ring (bicyclic) bond motifs is 1. The lowest BCUT2D eigenvalue weighted by Crippen LogP contribution is -2.21. The molecule has 0 aliphatic heterocycles. The molecule has 6 heteroatoms. The van der Waals surface area contributed by atoms with Crippen LogP contribution in [0, 0.1) is 5.41 Å². The minimum absolute atomic E-state index is 0.346. The molecule has 0 bridgehead atoms. The maximum atomic E-state index is 7.11. The lowest BCUT2D eigenvalue weighted by Gasteiger charge is -2.09. The fourth-order valence-electron chi connectivity index (χ4n) is 1.52. The van der Waals surface area contributed by atoms with Crippen LogP contribution in [0.4, 0.5) is 0 Å². The molecule has 1 atom stereocenters. The molecular weight excluding hydrogens is 234 g/mol. The van der Waals surface area contributed by atoms with E-state index >= 15 is 0 Å². The molecule has 1 unspecified atom stereocenters. The van der Waals surface area contributed by atoms with Crippen molar-refractivity contribution in [2.45, 2.75) is 12.5 Å². The van der Waals surface area contributed by atoms with Gasteiger partial charge in [0, 0.05) is 31.6 Å². The molecule has 0 aliphatic rings. The molecule has 0 radical (unpaired) electrons. The molecule has 0 fully saturated rings. The van der Waals surface area contributed by atoms with Crippen molar-refractivity contribution in [3.05, 3.63) is 23.3 Å². The fourth-order valence-corrected chi connectivity index (χ4v) is 2.46. The molecule has 2 rings (SSSR count). The third-order valence-corrected chi connectivity index (χ3v) is 3.47. The zero-order valence-corrected chi connectivity index (χ0v) is 10.2. The maximum Gasteiger partial charge on any atom is 0.143 e. The number of nitrogens with zero attached hydrogens (tertiary/aromatic N) is 3. The Bertz CT molecular complexity index is 527. The molecule has 2 aromatic heterocycles. The number of pyridine rings is 1. The van der Waals surface area contributed by atoms with Gasteiger partial charge >= 0.3 is 0 Å². The minimum atomic E-state index is -0.346. The highest BCUT2D eigenvalue weighted by Crippen LogP contribution is 2.24. The molecule has 0 aromatic carbocycles. The summed E-state index contributed by atoms with van der Waals surface area (Å²) in [5, 5.41) is 7.90. The van der Waals surface area contributed by atoms with Gasteiger partial charge in [-0.25, -0.2) is 9.97 Å². The molecule has 88 valence electrons. The van der Waals surface area contributed by atoms with Crippen LogP contribution in [-0.2, 0) is 0 Å². The van der Waals surface area contributed by atoms with Gasteiger partial charge in [0.15, 0.2) is 0 Å². The summed E-state index contributed by atoms with van der Waals surface area (Å²) in [5.74, 6) is 0. The molecule has 0 spiro atoms. The summed E-state index contributed by atoms with van der Waals surface area (Å²) in [6.07, 6.45) is 3.50. The number of nitrogens with two attached hydrogens (primary N) is 1. The first-order valence-electron chi connectivity index (χ1n) is 5.17. The summed E-state index contributed by atoms with van der Waals surface area (Å²) >= 11 is 1.47. The SMILES string of the molecule is CN=C(CC=N)C(N)c1nc2cccnc2s1. The van der Waals surface area contributed by atoms with Gasteiger partial charge in [-0.2, -0.15) is 0 Å². The van der Waals surface area contributed by atoms with Crippen molar-refractivity contribution in [3.8, 4) is 0 Å². The van der Waals surface area contributed by atoms with Crippen molar-refractivity contribution in [3.63, 3.8) is 0 Å². The van der Waals surface area contributed by atoms with Gasteiger partial charge in [-0.1, -0.05) is 11.3 Å². The van der Waals surface area contributed by atoms with Crippen molar-refractivity contribution in [1.29, 1.82) is 5.41 Å². The summed E-state index contributed by atoms with van der Waals surface area (Å²) < 4.78 is 0. The number of rotatable bonds is 4. The largest absolute Gasteiger partial charge is 0.317 e. The Morgan fingerprint density at radius 3 is 3.18 bits per heavy atom. The van der Waals surface area contributed by atoms with E-state index in [-0.39, 0.29) is 6.04 Å². The molecule has 0 amide bonds. The monoisotopic (exact) mass is 247 g/mol. The number of hydrogen-bond acceptors (Lipinski definition) is 6. The predicted molar refractivity (Wildman–Crippen MR) is 71.1 cm³/mol. The predicted octanol–water partition coefficient (Wildman–Crippen LogP) is 1.80. The summed E-state index contributed by atoms with van der Waals surface area (Å²) in [7, 11) is 1.68. The van der Waals surface area contributed by atoms with Crippen LogP contribution in [0.5, 0.6) is 0 Å². The van der Waals surface area contributed by atoms with Gasteiger partial charge in [0.2, 0.25) is 0 Å². The lowest BCUT2D eigenvalue weighted by atomic mass is 10.1. The van der Waals surface area contributed by atoms with E-state index in [1.165, 1.54) is 17.6 Å². The third-order valence-electron chi connectivity index (χ3n) is 2.41. The average Bonchev–Trinajstić information content (AvgIpc) is 2.78. The van der Waals surface area contributed by atoms with Gasteiger partial charge in [-0.3, -0.25) is 4.99 Å². The summed E-state index contributed by atoms with van der Waals surface area (Å²) in [6, 6.07) is 3.42. The van der Waals surface area contributed by atoms with E-state index in [0.717, 1.165) is 21.1 Å². The zero-order valence-electron chi connectivity index (χ0n) is 9.42. The Kier molecular flexibility index (Phi) is 3.55. The third kappa shape index (κ3) is 2.37. The Labute approximate surface area is 103 Å². The van der Waals surface area contributed by atoms with E-state index in [4.69, 9.17) is 11.1 Å². The number of nitrogens with one attached hydrogen (secondary N) is 1. The lowest BCUT2D eigenvalue weighted by molar-refractivity contribution is 0.929. The van der Waals surface area contributed by atoms with Gasteiger partial charge in [-0.15, -0.1) is 0 Å². The van der Waals surface area contributed by atoms with Gasteiger partial charge < -0.3 is 11.1 Å². The normalized spacial score (nSPS) is 13.9. The quantitative estimate of drug-likeness (QED) is 0.807. The van der Waals surface area contributed by atoms with E-state index in [9.17, 15) is 0 Å². The van der Waals surface area contributed by atoms with Crippen LogP contribution < -0.4 is 5.73 Å². The Balaban J connectivity index is 2.35. The van der Waals surface area contributed by atoms with Gasteiger partial charge in [0.05, 0.1) is 6.04 Å². The molecule has 3 N–H and O–H groups in total. The summed E-state index contributed by atoms with van der Waals surface area (Å²) in [6.45, 7) is 0. The second-order valence-electron chi connectivity index (χ2n) is 3.48. The molecule has 2 heterocycles. The highest BCUT2D eigenvalue weighted by molar-refractivity contribution is 7.18. The van der Waals surface area contributed by atoms with Crippen molar-refractivity contribution in [1.82, 2.24) is 9.97 Å². The Hall–Kier alpha value is -1.66. The molecule has 2 aromatic rings. The van der Waals surface area contributed by atoms with Gasteiger partial charge in [0.25, 0.3) is 0 Å². The Morgan fingerprint density at radius 1 is 1.71 bits per heavy atom. The number of hydrogen-bond donors (Lipinski definition) is 2. The van der Waals surface area contributed by atoms with E-state index in [1.807, 2.05) is 12.1 Å². The number of aromatic nitrogens is 2. The highest BCUT2D eigenvalue weighted by atomic mass is 32.1. The smallest absolute Gasteiger partial charge is 0.143 e. The standard InChI is InChI=1S/C11H13N5S/c1-14-7(4-5-12)9(13)11-16-8-3-2-6-15-10(8)17-11/h2-3,5-6,9,12H,4,13H2,1H3. The van der Waals surface area contributed by atoms with Crippen molar-refractivity contribution in [2.75, 3.05) is 7.05 Å². The van der Waals surface area contributed by atoms with E-state index in [1.54, 1.807) is 13.2 Å². The first kappa shape index (κ1) is 11.8. The number of thiazole rings is 1. The second kappa shape index (κ2) is 5.11. The van der Waals surface area contributed by atoms with Crippen molar-refractivity contribution < 1.29 is 0 Å². The molecule has 17 heavy (non-hydrogen) atoms. The molecule has 0 saturated carbocycles. The van der Waals surface area contributed by atoms with Crippen LogP contribution in [0.3, 0.4) is 0 Å². The van der Waals surface area contributed by atoms with Crippen LogP contribution in [0.15, 0.2) is 23.3 Å². The van der Waals surface area contributed by atoms with Crippen molar-refractivity contribution in [2.24, 2.45) is 10.7 Å². The molecule has 0 saturated heterocycles. The topological polar surface area (TPSA) is 88.0 Å². The maximum absolute atomic E-state index is 7.11. The highest BCUT2D eigenvalue weighted by Gasteiger charge is 2.17. The summed E-state index contributed by atoms with van der Waals surface area (Å²) in [5.41, 5.74) is 7.70. The van der Waals surface area contributed by atoms with E-state index in [2.05, 4.69) is 15.0 Å². The molecular formula is C11H13N5S. The van der Waals surface area contributed by atoms with E-state index < -0.39 is 0 Å². The number of aliphatic imine (C=N–C) groups is 1. The van der Waals surface area contributed by atoms with Crippen LogP contribution in [0.25, 0.3) is 10.3 Å². The van der Waals surface area contributed by atoms with Crippen LogP contribution in [0.1, 0.15) is 17.5 Å². The average molecular weight is 247 g/mol. The minimum Gasteiger partial charge on any atom is -0.317 e. The molecule has 5 nitrogen and oxygen atoms in total. The zero-order chi connectivity index (χ0) is 12.3. The first-order valence-corrected chi connectivity index (χ1v) is 5.99. The van der Waals surface area contributed by atoms with Crippen LogP contribution >= 0.6 is 11.3 Å². The van der Waals surface area contributed by atoms with Gasteiger partial charge in [0.1, 0.15) is 15.4 Å².